The highest BCUT2D eigenvalue weighted by molar-refractivity contribution is 14.1. The van der Waals surface area contributed by atoms with Crippen LogP contribution in [0.25, 0.3) is 0 Å². The van der Waals surface area contributed by atoms with E-state index in [2.05, 4.69) is 27.5 Å². The van der Waals surface area contributed by atoms with Crippen molar-refractivity contribution in [2.75, 3.05) is 18.0 Å². The highest BCUT2D eigenvalue weighted by Gasteiger charge is 2.35. The summed E-state index contributed by atoms with van der Waals surface area (Å²) in [6.45, 7) is 3.08. The molecule has 0 spiro atoms. The van der Waals surface area contributed by atoms with E-state index in [1.807, 2.05) is 0 Å². The Labute approximate surface area is 123 Å². The van der Waals surface area contributed by atoms with Gasteiger partial charge in [0.05, 0.1) is 16.5 Å². The summed E-state index contributed by atoms with van der Waals surface area (Å²) in [6.07, 6.45) is 0. The molecule has 1 atom stereocenters. The van der Waals surface area contributed by atoms with Gasteiger partial charge >= 0.3 is 5.97 Å². The molecule has 0 radical (unpaired) electrons. The summed E-state index contributed by atoms with van der Waals surface area (Å²) in [5.41, 5.74) is 1.00. The van der Waals surface area contributed by atoms with Gasteiger partial charge in [-0.15, -0.1) is 0 Å². The minimum atomic E-state index is -0.775. The van der Waals surface area contributed by atoms with Gasteiger partial charge in [0.2, 0.25) is 0 Å². The number of nitrogens with zero attached hydrogens (tertiary/aromatic N) is 2. The molecule has 1 heterocycles. The van der Waals surface area contributed by atoms with E-state index in [1.54, 1.807) is 13.0 Å². The smallest absolute Gasteiger partial charge is 0.306 e. The molecule has 0 amide bonds. The zero-order valence-electron chi connectivity index (χ0n) is 10.2. The molecule has 0 bridgehead atoms. The number of carboxylic acids is 1. The number of anilines is 1. The lowest BCUT2D eigenvalue weighted by Crippen LogP contribution is -2.51. The average molecular weight is 376 g/mol. The quantitative estimate of drug-likeness (QED) is 0.496. The number of non-ortho nitro benzene ring substituents is 1. The van der Waals surface area contributed by atoms with E-state index >= 15 is 0 Å². The molecule has 1 aliphatic rings. The molecule has 0 aromatic heterocycles. The Hall–Kier alpha value is -1.38. The van der Waals surface area contributed by atoms with E-state index in [9.17, 15) is 14.9 Å². The fourth-order valence-corrected chi connectivity index (χ4v) is 2.93. The number of aliphatic carboxylic acids is 1. The number of halogens is 1. The minimum absolute atomic E-state index is 0.0733. The molecule has 1 aromatic rings. The second-order valence-electron chi connectivity index (χ2n) is 4.68. The molecule has 2 rings (SSSR count). The van der Waals surface area contributed by atoms with Crippen LogP contribution in [0.3, 0.4) is 0 Å². The molecule has 7 heteroatoms. The van der Waals surface area contributed by atoms with Gasteiger partial charge in [-0.25, -0.2) is 0 Å². The second kappa shape index (κ2) is 5.32. The van der Waals surface area contributed by atoms with E-state index in [4.69, 9.17) is 5.11 Å². The van der Waals surface area contributed by atoms with Crippen LogP contribution < -0.4 is 4.90 Å². The van der Waals surface area contributed by atoms with Crippen LogP contribution in [0.15, 0.2) is 18.2 Å². The zero-order chi connectivity index (χ0) is 14.2. The van der Waals surface area contributed by atoms with Gasteiger partial charge in [-0.1, -0.05) is 6.92 Å². The number of hydrogen-bond acceptors (Lipinski definition) is 4. The van der Waals surface area contributed by atoms with Crippen molar-refractivity contribution in [3.05, 3.63) is 31.9 Å². The van der Waals surface area contributed by atoms with Crippen LogP contribution >= 0.6 is 22.6 Å². The number of benzene rings is 1. The van der Waals surface area contributed by atoms with Gasteiger partial charge in [0.15, 0.2) is 0 Å². The molecule has 0 aliphatic carbocycles. The Bertz CT molecular complexity index is 528. The zero-order valence-corrected chi connectivity index (χ0v) is 12.4. The molecule has 1 unspecified atom stereocenters. The fourth-order valence-electron chi connectivity index (χ4n) is 2.09. The first-order valence-corrected chi connectivity index (χ1v) is 6.89. The van der Waals surface area contributed by atoms with Crippen molar-refractivity contribution in [3.63, 3.8) is 0 Å². The Balaban J connectivity index is 2.06. The highest BCUT2D eigenvalue weighted by Crippen LogP contribution is 2.34. The van der Waals surface area contributed by atoms with Crippen molar-refractivity contribution < 1.29 is 14.8 Å². The molecule has 0 saturated carbocycles. The normalized spacial score (nSPS) is 16.8. The van der Waals surface area contributed by atoms with Gasteiger partial charge in [-0.2, -0.15) is 0 Å². The number of carbonyl (C=O) groups is 1. The molecule has 1 aliphatic heterocycles. The van der Waals surface area contributed by atoms with Crippen LogP contribution in [0.1, 0.15) is 6.92 Å². The van der Waals surface area contributed by atoms with Gasteiger partial charge < -0.3 is 10.0 Å². The largest absolute Gasteiger partial charge is 0.481 e. The van der Waals surface area contributed by atoms with Crippen LogP contribution in [0.2, 0.25) is 0 Å². The minimum Gasteiger partial charge on any atom is -0.481 e. The summed E-state index contributed by atoms with van der Waals surface area (Å²) < 4.78 is 0.813. The van der Waals surface area contributed by atoms with E-state index in [0.717, 1.165) is 9.26 Å². The standard InChI is InChI=1S/C12H13IN2O4/c1-7(12(16)17)8-5-14(6-8)11-3-2-9(15(18)19)4-10(11)13/h2-4,7-8H,5-6H2,1H3,(H,16,17). The molecule has 19 heavy (non-hydrogen) atoms. The monoisotopic (exact) mass is 376 g/mol. The molecule has 1 saturated heterocycles. The predicted molar refractivity (Wildman–Crippen MR) is 78.3 cm³/mol. The van der Waals surface area contributed by atoms with Crippen LogP contribution in [-0.4, -0.2) is 29.1 Å². The summed E-state index contributed by atoms with van der Waals surface area (Å²) in [4.78, 5) is 23.2. The SMILES string of the molecule is CC(C(=O)O)C1CN(c2ccc([N+](=O)[O-])cc2I)C1. The van der Waals surface area contributed by atoms with Gasteiger partial charge in [0.25, 0.3) is 5.69 Å². The summed E-state index contributed by atoms with van der Waals surface area (Å²) >= 11 is 2.07. The molecular weight excluding hydrogens is 363 g/mol. The average Bonchev–Trinajstić information content (AvgIpc) is 2.28. The third-order valence-corrected chi connectivity index (χ3v) is 4.35. The van der Waals surface area contributed by atoms with Crippen molar-refractivity contribution in [1.29, 1.82) is 0 Å². The lowest BCUT2D eigenvalue weighted by molar-refractivity contribution is -0.384. The molecule has 6 nitrogen and oxygen atoms in total. The summed E-state index contributed by atoms with van der Waals surface area (Å²) in [6, 6.07) is 4.73. The van der Waals surface area contributed by atoms with Crippen LogP contribution in [-0.2, 0) is 4.79 Å². The maximum Gasteiger partial charge on any atom is 0.306 e. The Morgan fingerprint density at radius 1 is 1.58 bits per heavy atom. The van der Waals surface area contributed by atoms with Crippen LogP contribution in [0.4, 0.5) is 11.4 Å². The van der Waals surface area contributed by atoms with Crippen molar-refractivity contribution in [1.82, 2.24) is 0 Å². The topological polar surface area (TPSA) is 83.7 Å². The van der Waals surface area contributed by atoms with E-state index in [-0.39, 0.29) is 17.5 Å². The molecule has 1 N–H and O–H groups in total. The van der Waals surface area contributed by atoms with E-state index < -0.39 is 10.9 Å². The summed E-state index contributed by atoms with van der Waals surface area (Å²) in [5.74, 6) is -0.988. The van der Waals surface area contributed by atoms with Gasteiger partial charge in [-0.05, 0) is 28.7 Å². The molecule has 102 valence electrons. The van der Waals surface area contributed by atoms with Crippen LogP contribution in [0.5, 0.6) is 0 Å². The van der Waals surface area contributed by atoms with Crippen molar-refractivity contribution in [3.8, 4) is 0 Å². The number of nitro benzene ring substituents is 1. The van der Waals surface area contributed by atoms with E-state index in [1.165, 1.54) is 12.1 Å². The first-order chi connectivity index (χ1) is 8.90. The number of hydrogen-bond donors (Lipinski definition) is 1. The third kappa shape index (κ3) is 2.80. The number of carboxylic acid groups (broad SMARTS) is 1. The van der Waals surface area contributed by atoms with Gasteiger partial charge in [0, 0.05) is 34.7 Å². The Kier molecular flexibility index (Phi) is 3.93. The van der Waals surface area contributed by atoms with Crippen molar-refractivity contribution in [2.45, 2.75) is 6.92 Å². The molecular formula is C12H13IN2O4. The first-order valence-electron chi connectivity index (χ1n) is 5.82. The lowest BCUT2D eigenvalue weighted by Gasteiger charge is -2.43. The van der Waals surface area contributed by atoms with E-state index in [0.29, 0.717) is 13.1 Å². The fraction of sp³-hybridized carbons (Fsp3) is 0.417. The van der Waals surface area contributed by atoms with Gasteiger partial charge in [-0.3, -0.25) is 14.9 Å². The summed E-state index contributed by atoms with van der Waals surface area (Å²) in [5, 5.41) is 19.6. The number of nitro groups is 1. The molecule has 1 fully saturated rings. The number of rotatable bonds is 4. The predicted octanol–water partition coefficient (Wildman–Crippen LogP) is 2.36. The lowest BCUT2D eigenvalue weighted by atomic mass is 9.87. The maximum absolute atomic E-state index is 10.9. The second-order valence-corrected chi connectivity index (χ2v) is 5.85. The summed E-state index contributed by atoms with van der Waals surface area (Å²) in [7, 11) is 0. The maximum atomic E-state index is 10.9. The highest BCUT2D eigenvalue weighted by atomic mass is 127. The van der Waals surface area contributed by atoms with Crippen molar-refractivity contribution >= 4 is 39.9 Å². The first kappa shape index (κ1) is 14.0. The van der Waals surface area contributed by atoms with Crippen molar-refractivity contribution in [2.24, 2.45) is 11.8 Å². The van der Waals surface area contributed by atoms with Crippen LogP contribution in [0, 0.1) is 25.5 Å². The van der Waals surface area contributed by atoms with Gasteiger partial charge in [0.1, 0.15) is 0 Å². The third-order valence-electron chi connectivity index (χ3n) is 3.49. The molecule has 1 aromatic carbocycles. The Morgan fingerprint density at radius 2 is 2.21 bits per heavy atom. The Morgan fingerprint density at radius 3 is 2.68 bits per heavy atom.